The van der Waals surface area contributed by atoms with Gasteiger partial charge in [0.15, 0.2) is 6.61 Å². The molecule has 0 saturated carbocycles. The molecule has 31 heavy (non-hydrogen) atoms. The summed E-state index contributed by atoms with van der Waals surface area (Å²) in [6.07, 6.45) is 1.33. The lowest BCUT2D eigenvalue weighted by Crippen LogP contribution is -2.51. The van der Waals surface area contributed by atoms with Crippen LogP contribution in [0.3, 0.4) is 0 Å². The molecule has 2 amide bonds. The fraction of sp³-hybridized carbons (Fsp3) is 0.440. The van der Waals surface area contributed by atoms with Crippen molar-refractivity contribution in [2.45, 2.75) is 66.1 Å². The highest BCUT2D eigenvalue weighted by atomic mass is 35.5. The second-order valence-electron chi connectivity index (χ2n) is 7.92. The molecule has 0 aromatic heterocycles. The zero-order valence-corrected chi connectivity index (χ0v) is 19.8. The standard InChI is InChI=1S/C25H33ClN2O3/c1-6-19(5)27-25(30)23(7-2)28(15-20-9-11-21(26)12-10-20)24(29)16-31-22-13-8-17(3)18(4)14-22/h8-14,19,23H,6-7,15-16H2,1-5H3,(H,27,30). The highest BCUT2D eigenvalue weighted by molar-refractivity contribution is 6.30. The minimum atomic E-state index is -0.583. The Balaban J connectivity index is 2.21. The van der Waals surface area contributed by atoms with E-state index in [-0.39, 0.29) is 24.5 Å². The lowest BCUT2D eigenvalue weighted by atomic mass is 10.1. The number of halogens is 1. The van der Waals surface area contributed by atoms with Gasteiger partial charge in [-0.1, -0.05) is 43.6 Å². The van der Waals surface area contributed by atoms with E-state index in [1.807, 2.05) is 65.0 Å². The Labute approximate surface area is 190 Å². The van der Waals surface area contributed by atoms with E-state index >= 15 is 0 Å². The van der Waals surface area contributed by atoms with E-state index in [4.69, 9.17) is 16.3 Å². The van der Waals surface area contributed by atoms with Crippen molar-refractivity contribution >= 4 is 23.4 Å². The number of hydrogen-bond acceptors (Lipinski definition) is 3. The van der Waals surface area contributed by atoms with Crippen LogP contribution in [0.4, 0.5) is 0 Å². The molecule has 2 aromatic rings. The van der Waals surface area contributed by atoms with Gasteiger partial charge in [-0.2, -0.15) is 0 Å². The monoisotopic (exact) mass is 444 g/mol. The quantitative estimate of drug-likeness (QED) is 0.557. The summed E-state index contributed by atoms with van der Waals surface area (Å²) in [6.45, 7) is 10.1. The molecule has 6 heteroatoms. The zero-order valence-electron chi connectivity index (χ0n) is 19.1. The Hall–Kier alpha value is -2.53. The first kappa shape index (κ1) is 24.7. The normalized spacial score (nSPS) is 12.7. The van der Waals surface area contributed by atoms with Crippen molar-refractivity contribution in [2.75, 3.05) is 6.61 Å². The molecule has 0 radical (unpaired) electrons. The molecule has 2 aromatic carbocycles. The Kier molecular flexibility index (Phi) is 9.38. The molecule has 0 saturated heterocycles. The fourth-order valence-electron chi connectivity index (χ4n) is 3.18. The lowest BCUT2D eigenvalue weighted by molar-refractivity contribution is -0.143. The maximum absolute atomic E-state index is 13.2. The summed E-state index contributed by atoms with van der Waals surface area (Å²) in [4.78, 5) is 27.7. The maximum Gasteiger partial charge on any atom is 0.261 e. The van der Waals surface area contributed by atoms with Gasteiger partial charge in [-0.25, -0.2) is 0 Å². The number of hydrogen-bond donors (Lipinski definition) is 1. The van der Waals surface area contributed by atoms with E-state index < -0.39 is 6.04 Å². The van der Waals surface area contributed by atoms with Gasteiger partial charge in [0.1, 0.15) is 11.8 Å². The van der Waals surface area contributed by atoms with Gasteiger partial charge in [0.25, 0.3) is 5.91 Å². The van der Waals surface area contributed by atoms with E-state index in [9.17, 15) is 9.59 Å². The molecule has 2 rings (SSSR count). The third-order valence-electron chi connectivity index (χ3n) is 5.49. The average Bonchev–Trinajstić information content (AvgIpc) is 2.75. The molecule has 2 unspecified atom stereocenters. The molecule has 0 fully saturated rings. The van der Waals surface area contributed by atoms with E-state index in [0.717, 1.165) is 23.1 Å². The molecule has 5 nitrogen and oxygen atoms in total. The first-order valence-electron chi connectivity index (χ1n) is 10.8. The van der Waals surface area contributed by atoms with E-state index in [1.165, 1.54) is 0 Å². The van der Waals surface area contributed by atoms with Crippen LogP contribution >= 0.6 is 11.6 Å². The largest absolute Gasteiger partial charge is 0.484 e. The van der Waals surface area contributed by atoms with Crippen molar-refractivity contribution in [3.63, 3.8) is 0 Å². The number of carbonyl (C=O) groups excluding carboxylic acids is 2. The lowest BCUT2D eigenvalue weighted by Gasteiger charge is -2.31. The number of benzene rings is 2. The second kappa shape index (κ2) is 11.8. The molecule has 0 bridgehead atoms. The van der Waals surface area contributed by atoms with Crippen LogP contribution in [0.1, 0.15) is 50.3 Å². The molecule has 0 spiro atoms. The maximum atomic E-state index is 13.2. The minimum Gasteiger partial charge on any atom is -0.484 e. The number of ether oxygens (including phenoxy) is 1. The van der Waals surface area contributed by atoms with Gasteiger partial charge in [0.2, 0.25) is 5.91 Å². The molecule has 0 aliphatic carbocycles. The van der Waals surface area contributed by atoms with Gasteiger partial charge in [-0.05, 0) is 74.6 Å². The van der Waals surface area contributed by atoms with Crippen LogP contribution in [0.2, 0.25) is 5.02 Å². The Morgan fingerprint density at radius 1 is 1.03 bits per heavy atom. The third kappa shape index (κ3) is 7.28. The average molecular weight is 445 g/mol. The Bertz CT molecular complexity index is 883. The highest BCUT2D eigenvalue weighted by Crippen LogP contribution is 2.18. The number of amides is 2. The fourth-order valence-corrected chi connectivity index (χ4v) is 3.30. The van der Waals surface area contributed by atoms with E-state index in [0.29, 0.717) is 23.7 Å². The molecule has 0 aliphatic rings. The first-order chi connectivity index (χ1) is 14.7. The summed E-state index contributed by atoms with van der Waals surface area (Å²) >= 11 is 6.00. The molecule has 0 aliphatic heterocycles. The highest BCUT2D eigenvalue weighted by Gasteiger charge is 2.29. The van der Waals surface area contributed by atoms with Crippen LogP contribution in [0.15, 0.2) is 42.5 Å². The van der Waals surface area contributed by atoms with E-state index in [2.05, 4.69) is 5.32 Å². The molecule has 0 heterocycles. The SMILES string of the molecule is CCC(C)NC(=O)C(CC)N(Cc1ccc(Cl)cc1)C(=O)COc1ccc(C)c(C)c1. The summed E-state index contributed by atoms with van der Waals surface area (Å²) < 4.78 is 5.77. The van der Waals surface area contributed by atoms with Crippen LogP contribution in [-0.2, 0) is 16.1 Å². The summed E-state index contributed by atoms with van der Waals surface area (Å²) in [6, 6.07) is 12.5. The smallest absolute Gasteiger partial charge is 0.261 e. The van der Waals surface area contributed by atoms with Crippen molar-refractivity contribution in [1.82, 2.24) is 10.2 Å². The number of carbonyl (C=O) groups is 2. The van der Waals surface area contributed by atoms with Crippen molar-refractivity contribution in [2.24, 2.45) is 0 Å². The van der Waals surface area contributed by atoms with Gasteiger partial charge in [0.05, 0.1) is 0 Å². The van der Waals surface area contributed by atoms with Crippen molar-refractivity contribution in [1.29, 1.82) is 0 Å². The number of nitrogens with zero attached hydrogens (tertiary/aromatic N) is 1. The van der Waals surface area contributed by atoms with Gasteiger partial charge >= 0.3 is 0 Å². The van der Waals surface area contributed by atoms with E-state index in [1.54, 1.807) is 17.0 Å². The number of rotatable bonds is 10. The van der Waals surface area contributed by atoms with Crippen LogP contribution in [-0.4, -0.2) is 35.4 Å². The van der Waals surface area contributed by atoms with Crippen LogP contribution < -0.4 is 10.1 Å². The summed E-state index contributed by atoms with van der Waals surface area (Å²) in [5, 5.41) is 3.63. The molecule has 2 atom stereocenters. The second-order valence-corrected chi connectivity index (χ2v) is 8.36. The van der Waals surface area contributed by atoms with Crippen LogP contribution in [0, 0.1) is 13.8 Å². The van der Waals surface area contributed by atoms with Crippen molar-refractivity contribution in [3.05, 3.63) is 64.2 Å². The van der Waals surface area contributed by atoms with Gasteiger partial charge in [-0.3, -0.25) is 9.59 Å². The zero-order chi connectivity index (χ0) is 23.0. The molecular formula is C25H33ClN2O3. The topological polar surface area (TPSA) is 58.6 Å². The third-order valence-corrected chi connectivity index (χ3v) is 5.75. The summed E-state index contributed by atoms with van der Waals surface area (Å²) in [5.74, 6) is 0.254. The Morgan fingerprint density at radius 3 is 2.29 bits per heavy atom. The first-order valence-corrected chi connectivity index (χ1v) is 11.2. The van der Waals surface area contributed by atoms with Gasteiger partial charge in [-0.15, -0.1) is 0 Å². The summed E-state index contributed by atoms with van der Waals surface area (Å²) in [5.41, 5.74) is 3.16. The van der Waals surface area contributed by atoms with Crippen LogP contribution in [0.25, 0.3) is 0 Å². The van der Waals surface area contributed by atoms with Crippen molar-refractivity contribution < 1.29 is 14.3 Å². The number of nitrogens with one attached hydrogen (secondary N) is 1. The molecule has 1 N–H and O–H groups in total. The Morgan fingerprint density at radius 2 is 1.71 bits per heavy atom. The van der Waals surface area contributed by atoms with Crippen molar-refractivity contribution in [3.8, 4) is 5.75 Å². The number of aryl methyl sites for hydroxylation is 2. The predicted molar refractivity (Wildman–Crippen MR) is 125 cm³/mol. The van der Waals surface area contributed by atoms with Gasteiger partial charge in [0, 0.05) is 17.6 Å². The van der Waals surface area contributed by atoms with Gasteiger partial charge < -0.3 is 15.0 Å². The molecule has 168 valence electrons. The minimum absolute atomic E-state index is 0.0424. The molecular weight excluding hydrogens is 412 g/mol. The predicted octanol–water partition coefficient (Wildman–Crippen LogP) is 5.06. The van der Waals surface area contributed by atoms with Crippen LogP contribution in [0.5, 0.6) is 5.75 Å². The summed E-state index contributed by atoms with van der Waals surface area (Å²) in [7, 11) is 0.